The van der Waals surface area contributed by atoms with Crippen molar-refractivity contribution in [1.82, 2.24) is 10.2 Å². The Morgan fingerprint density at radius 1 is 1.31 bits per heavy atom. The predicted molar refractivity (Wildman–Crippen MR) is 64.0 cm³/mol. The summed E-state index contributed by atoms with van der Waals surface area (Å²) in [5.74, 6) is -0.208. The molecule has 4 nitrogen and oxygen atoms in total. The minimum Gasteiger partial charge on any atom is -0.297 e. The van der Waals surface area contributed by atoms with Crippen LogP contribution in [-0.2, 0) is 4.79 Å². The second-order valence-electron chi connectivity index (χ2n) is 2.98. The molecule has 0 radical (unpaired) electrons. The molecule has 0 fully saturated rings. The zero-order valence-corrected chi connectivity index (χ0v) is 9.15. The van der Waals surface area contributed by atoms with Crippen LogP contribution in [0.15, 0.2) is 41.9 Å². The number of carbonyl (C=O) groups excluding carboxylic acids is 1. The number of benzene rings is 1. The zero-order valence-electron chi connectivity index (χ0n) is 8.33. The number of nitrogens with one attached hydrogen (secondary N) is 1. The maximum atomic E-state index is 11.4. The molecule has 0 unspecified atom stereocenters. The van der Waals surface area contributed by atoms with Crippen molar-refractivity contribution in [1.29, 1.82) is 0 Å². The summed E-state index contributed by atoms with van der Waals surface area (Å²) in [6.07, 6.45) is 3.22. The van der Waals surface area contributed by atoms with Crippen LogP contribution < -0.4 is 5.32 Å². The van der Waals surface area contributed by atoms with Crippen molar-refractivity contribution in [3.8, 4) is 0 Å². The van der Waals surface area contributed by atoms with Gasteiger partial charge in [-0.1, -0.05) is 41.7 Å². The number of anilines is 1. The van der Waals surface area contributed by atoms with Gasteiger partial charge in [0.15, 0.2) is 0 Å². The van der Waals surface area contributed by atoms with Crippen molar-refractivity contribution in [3.05, 3.63) is 47.5 Å². The minimum absolute atomic E-state index is 0.208. The zero-order chi connectivity index (χ0) is 11.2. The van der Waals surface area contributed by atoms with Crippen LogP contribution in [0.25, 0.3) is 6.08 Å². The molecule has 0 saturated carbocycles. The number of carbonyl (C=O) groups is 1. The molecule has 0 aliphatic heterocycles. The second-order valence-corrected chi connectivity index (χ2v) is 3.81. The average Bonchev–Trinajstić information content (AvgIpc) is 2.81. The molecule has 16 heavy (non-hydrogen) atoms. The summed E-state index contributed by atoms with van der Waals surface area (Å²) in [5.41, 5.74) is 2.55. The molecule has 2 aromatic rings. The summed E-state index contributed by atoms with van der Waals surface area (Å²) in [6, 6.07) is 9.62. The topological polar surface area (TPSA) is 54.9 Å². The van der Waals surface area contributed by atoms with Gasteiger partial charge in [0.25, 0.3) is 0 Å². The first-order chi connectivity index (χ1) is 7.84. The van der Waals surface area contributed by atoms with Gasteiger partial charge in [-0.05, 0) is 11.6 Å². The minimum atomic E-state index is -0.208. The quantitative estimate of drug-likeness (QED) is 0.824. The molecule has 1 aromatic carbocycles. The van der Waals surface area contributed by atoms with Crippen LogP contribution in [0.3, 0.4) is 0 Å². The Morgan fingerprint density at radius 3 is 2.81 bits per heavy atom. The number of nitrogens with zero attached hydrogens (tertiary/aromatic N) is 2. The van der Waals surface area contributed by atoms with E-state index in [4.69, 9.17) is 0 Å². The van der Waals surface area contributed by atoms with E-state index in [2.05, 4.69) is 15.5 Å². The highest BCUT2D eigenvalue weighted by Gasteiger charge is 1.99. The summed E-state index contributed by atoms with van der Waals surface area (Å²) >= 11 is 1.28. The Hall–Kier alpha value is -2.01. The Bertz CT molecular complexity index is 479. The standard InChI is InChI=1S/C11H9N3OS/c15-10(13-11-14-12-8-16-11)7-6-9-4-2-1-3-5-9/h1-8H,(H,13,14,15)/b7-6+. The van der Waals surface area contributed by atoms with Gasteiger partial charge in [0.2, 0.25) is 11.0 Å². The van der Waals surface area contributed by atoms with Crippen LogP contribution >= 0.6 is 11.3 Å². The fourth-order valence-corrected chi connectivity index (χ4v) is 1.56. The average molecular weight is 231 g/mol. The van der Waals surface area contributed by atoms with Crippen molar-refractivity contribution >= 4 is 28.5 Å². The number of rotatable bonds is 3. The molecular weight excluding hydrogens is 222 g/mol. The summed E-state index contributed by atoms with van der Waals surface area (Å²) < 4.78 is 0. The molecule has 1 amide bonds. The van der Waals surface area contributed by atoms with Crippen molar-refractivity contribution in [2.24, 2.45) is 0 Å². The molecule has 1 N–H and O–H groups in total. The van der Waals surface area contributed by atoms with E-state index in [0.29, 0.717) is 5.13 Å². The third kappa shape index (κ3) is 2.99. The van der Waals surface area contributed by atoms with Gasteiger partial charge in [0.1, 0.15) is 5.51 Å². The lowest BCUT2D eigenvalue weighted by molar-refractivity contribution is -0.111. The first kappa shape index (κ1) is 10.5. The molecule has 0 bridgehead atoms. The molecule has 1 heterocycles. The van der Waals surface area contributed by atoms with Crippen LogP contribution in [0.1, 0.15) is 5.56 Å². The van der Waals surface area contributed by atoms with Gasteiger partial charge in [-0.25, -0.2) is 0 Å². The molecule has 0 aliphatic rings. The fraction of sp³-hybridized carbons (Fsp3) is 0. The first-order valence-corrected chi connectivity index (χ1v) is 5.53. The third-order valence-corrected chi connectivity index (χ3v) is 2.42. The predicted octanol–water partition coefficient (Wildman–Crippen LogP) is 2.19. The number of hydrogen-bond donors (Lipinski definition) is 1. The lowest BCUT2D eigenvalue weighted by Crippen LogP contribution is -2.07. The van der Waals surface area contributed by atoms with Gasteiger partial charge < -0.3 is 0 Å². The SMILES string of the molecule is O=C(/C=C/c1ccccc1)Nc1nncs1. The van der Waals surface area contributed by atoms with E-state index < -0.39 is 0 Å². The van der Waals surface area contributed by atoms with Crippen LogP contribution in [-0.4, -0.2) is 16.1 Å². The van der Waals surface area contributed by atoms with Crippen molar-refractivity contribution < 1.29 is 4.79 Å². The van der Waals surface area contributed by atoms with E-state index in [1.54, 1.807) is 11.6 Å². The van der Waals surface area contributed by atoms with Gasteiger partial charge in [0.05, 0.1) is 0 Å². The Kier molecular flexibility index (Phi) is 3.40. The first-order valence-electron chi connectivity index (χ1n) is 4.65. The highest BCUT2D eigenvalue weighted by atomic mass is 32.1. The number of aromatic nitrogens is 2. The van der Waals surface area contributed by atoms with Crippen LogP contribution in [0.4, 0.5) is 5.13 Å². The molecule has 0 saturated heterocycles. The molecule has 0 aliphatic carbocycles. The Labute approximate surface area is 96.7 Å². The van der Waals surface area contributed by atoms with Gasteiger partial charge >= 0.3 is 0 Å². The summed E-state index contributed by atoms with van der Waals surface area (Å²) in [6.45, 7) is 0. The monoisotopic (exact) mass is 231 g/mol. The van der Waals surface area contributed by atoms with Gasteiger partial charge in [-0.3, -0.25) is 10.1 Å². The molecular formula is C11H9N3OS. The largest absolute Gasteiger partial charge is 0.297 e. The van der Waals surface area contributed by atoms with E-state index in [9.17, 15) is 4.79 Å². The van der Waals surface area contributed by atoms with E-state index >= 15 is 0 Å². The molecule has 80 valence electrons. The van der Waals surface area contributed by atoms with Crippen LogP contribution in [0.5, 0.6) is 0 Å². The molecule has 0 spiro atoms. The normalized spacial score (nSPS) is 10.5. The third-order valence-electron chi connectivity index (χ3n) is 1.82. The van der Waals surface area contributed by atoms with Crippen LogP contribution in [0, 0.1) is 0 Å². The Balaban J connectivity index is 1.95. The number of hydrogen-bond acceptors (Lipinski definition) is 4. The summed E-state index contributed by atoms with van der Waals surface area (Å²) in [7, 11) is 0. The lowest BCUT2D eigenvalue weighted by atomic mass is 10.2. The van der Waals surface area contributed by atoms with Gasteiger partial charge in [0, 0.05) is 6.08 Å². The van der Waals surface area contributed by atoms with Crippen LogP contribution in [0.2, 0.25) is 0 Å². The highest BCUT2D eigenvalue weighted by Crippen LogP contribution is 2.08. The van der Waals surface area contributed by atoms with Gasteiger partial charge in [-0.15, -0.1) is 10.2 Å². The maximum Gasteiger partial charge on any atom is 0.250 e. The second kappa shape index (κ2) is 5.18. The van der Waals surface area contributed by atoms with E-state index in [1.807, 2.05) is 30.3 Å². The van der Waals surface area contributed by atoms with Crippen molar-refractivity contribution in [2.75, 3.05) is 5.32 Å². The Morgan fingerprint density at radius 2 is 2.12 bits per heavy atom. The molecule has 0 atom stereocenters. The molecule has 5 heteroatoms. The summed E-state index contributed by atoms with van der Waals surface area (Å²) in [5, 5.41) is 10.5. The van der Waals surface area contributed by atoms with Crippen molar-refractivity contribution in [3.63, 3.8) is 0 Å². The van der Waals surface area contributed by atoms with Crippen molar-refractivity contribution in [2.45, 2.75) is 0 Å². The van der Waals surface area contributed by atoms with E-state index in [-0.39, 0.29) is 5.91 Å². The summed E-state index contributed by atoms with van der Waals surface area (Å²) in [4.78, 5) is 11.4. The highest BCUT2D eigenvalue weighted by molar-refractivity contribution is 7.13. The van der Waals surface area contributed by atoms with Gasteiger partial charge in [-0.2, -0.15) is 0 Å². The lowest BCUT2D eigenvalue weighted by Gasteiger charge is -1.94. The molecule has 1 aromatic heterocycles. The maximum absolute atomic E-state index is 11.4. The smallest absolute Gasteiger partial charge is 0.250 e. The number of amides is 1. The van der Waals surface area contributed by atoms with E-state index in [1.165, 1.54) is 17.4 Å². The van der Waals surface area contributed by atoms with E-state index in [0.717, 1.165) is 5.56 Å². The molecule has 2 rings (SSSR count). The fourth-order valence-electron chi connectivity index (χ4n) is 1.11.